The Balaban J connectivity index is 3.37. The van der Waals surface area contributed by atoms with E-state index in [-0.39, 0.29) is 5.91 Å². The van der Waals surface area contributed by atoms with Crippen LogP contribution in [0, 0.1) is 5.92 Å². The number of hydrogen-bond donors (Lipinski definition) is 2. The summed E-state index contributed by atoms with van der Waals surface area (Å²) >= 11 is 0. The molecule has 1 amide bonds. The molecule has 1 unspecified atom stereocenters. The standard InChI is InChI=1S/C10H22N2O2/c1-5-9(4)11-6-10(13)12-14-7-8(2)3/h8-9,11H,5-7H2,1-4H3,(H,12,13). The molecular formula is C10H22N2O2. The van der Waals surface area contributed by atoms with Crippen LogP contribution in [0.15, 0.2) is 0 Å². The summed E-state index contributed by atoms with van der Waals surface area (Å²) in [6, 6.07) is 0.367. The molecule has 4 heteroatoms. The fourth-order valence-electron chi connectivity index (χ4n) is 0.736. The van der Waals surface area contributed by atoms with E-state index in [0.717, 1.165) is 6.42 Å². The topological polar surface area (TPSA) is 50.4 Å². The molecular weight excluding hydrogens is 180 g/mol. The van der Waals surface area contributed by atoms with E-state index in [9.17, 15) is 4.79 Å². The predicted octanol–water partition coefficient (Wildman–Crippen LogP) is 1.08. The summed E-state index contributed by atoms with van der Waals surface area (Å²) in [5.74, 6) is 0.309. The van der Waals surface area contributed by atoms with Gasteiger partial charge in [-0.05, 0) is 19.3 Å². The van der Waals surface area contributed by atoms with Crippen molar-refractivity contribution in [1.29, 1.82) is 0 Å². The van der Waals surface area contributed by atoms with Gasteiger partial charge in [-0.15, -0.1) is 0 Å². The van der Waals surface area contributed by atoms with E-state index in [2.05, 4.69) is 17.7 Å². The average molecular weight is 202 g/mol. The molecule has 0 aliphatic carbocycles. The van der Waals surface area contributed by atoms with Gasteiger partial charge in [0.2, 0.25) is 0 Å². The highest BCUT2D eigenvalue weighted by Crippen LogP contribution is 1.90. The van der Waals surface area contributed by atoms with Crippen LogP contribution in [0.3, 0.4) is 0 Å². The Bertz CT molecular complexity index is 160. The molecule has 0 aromatic carbocycles. The van der Waals surface area contributed by atoms with Crippen molar-refractivity contribution in [3.63, 3.8) is 0 Å². The molecule has 84 valence electrons. The van der Waals surface area contributed by atoms with Crippen LogP contribution in [0.1, 0.15) is 34.1 Å². The monoisotopic (exact) mass is 202 g/mol. The molecule has 0 saturated heterocycles. The maximum absolute atomic E-state index is 11.1. The number of carbonyl (C=O) groups is 1. The number of rotatable bonds is 7. The van der Waals surface area contributed by atoms with Gasteiger partial charge in [-0.2, -0.15) is 0 Å². The summed E-state index contributed by atoms with van der Waals surface area (Å²) in [4.78, 5) is 16.1. The van der Waals surface area contributed by atoms with Crippen molar-refractivity contribution in [3.05, 3.63) is 0 Å². The summed E-state index contributed by atoms with van der Waals surface area (Å²) in [6.07, 6.45) is 1.01. The lowest BCUT2D eigenvalue weighted by Crippen LogP contribution is -2.38. The van der Waals surface area contributed by atoms with Crippen molar-refractivity contribution in [1.82, 2.24) is 10.8 Å². The molecule has 0 rings (SSSR count). The van der Waals surface area contributed by atoms with E-state index in [1.807, 2.05) is 20.8 Å². The first-order valence-corrected chi connectivity index (χ1v) is 5.20. The Hall–Kier alpha value is -0.610. The first kappa shape index (κ1) is 13.4. The number of hydrogen-bond acceptors (Lipinski definition) is 3. The molecule has 0 aromatic rings. The van der Waals surface area contributed by atoms with Crippen LogP contribution in [-0.2, 0) is 9.63 Å². The van der Waals surface area contributed by atoms with Crippen molar-refractivity contribution in [2.75, 3.05) is 13.2 Å². The zero-order valence-corrected chi connectivity index (χ0v) is 9.59. The third-order valence-electron chi connectivity index (χ3n) is 1.83. The van der Waals surface area contributed by atoms with E-state index >= 15 is 0 Å². The van der Waals surface area contributed by atoms with Gasteiger partial charge in [0, 0.05) is 6.04 Å². The maximum Gasteiger partial charge on any atom is 0.257 e. The normalized spacial score (nSPS) is 12.9. The fourth-order valence-corrected chi connectivity index (χ4v) is 0.736. The van der Waals surface area contributed by atoms with E-state index in [4.69, 9.17) is 4.84 Å². The highest BCUT2D eigenvalue weighted by molar-refractivity contribution is 5.76. The summed E-state index contributed by atoms with van der Waals surface area (Å²) < 4.78 is 0. The van der Waals surface area contributed by atoms with Gasteiger partial charge in [0.15, 0.2) is 0 Å². The maximum atomic E-state index is 11.1. The fraction of sp³-hybridized carbons (Fsp3) is 0.900. The van der Waals surface area contributed by atoms with Gasteiger partial charge < -0.3 is 5.32 Å². The van der Waals surface area contributed by atoms with Crippen LogP contribution in [-0.4, -0.2) is 25.1 Å². The van der Waals surface area contributed by atoms with E-state index in [0.29, 0.717) is 25.1 Å². The largest absolute Gasteiger partial charge is 0.306 e. The molecule has 0 spiro atoms. The van der Waals surface area contributed by atoms with E-state index in [1.54, 1.807) is 0 Å². The van der Waals surface area contributed by atoms with Crippen molar-refractivity contribution in [2.24, 2.45) is 5.92 Å². The minimum atomic E-state index is -0.119. The molecule has 0 aliphatic rings. The average Bonchev–Trinajstić information content (AvgIpc) is 2.13. The molecule has 0 saturated carbocycles. The SMILES string of the molecule is CCC(C)NCC(=O)NOCC(C)C. The van der Waals surface area contributed by atoms with Crippen molar-refractivity contribution in [3.8, 4) is 0 Å². The second-order valence-corrected chi connectivity index (χ2v) is 3.92. The number of hydroxylamine groups is 1. The Labute approximate surface area is 86.4 Å². The third-order valence-corrected chi connectivity index (χ3v) is 1.83. The molecule has 14 heavy (non-hydrogen) atoms. The number of amides is 1. The molecule has 2 N–H and O–H groups in total. The summed E-state index contributed by atoms with van der Waals surface area (Å²) in [5, 5.41) is 3.08. The minimum Gasteiger partial charge on any atom is -0.306 e. The Morgan fingerprint density at radius 1 is 1.36 bits per heavy atom. The molecule has 0 heterocycles. The van der Waals surface area contributed by atoms with Crippen LogP contribution >= 0.6 is 0 Å². The smallest absolute Gasteiger partial charge is 0.257 e. The second-order valence-electron chi connectivity index (χ2n) is 3.92. The lowest BCUT2D eigenvalue weighted by molar-refractivity contribution is -0.133. The molecule has 0 fully saturated rings. The highest BCUT2D eigenvalue weighted by atomic mass is 16.6. The Morgan fingerprint density at radius 2 is 2.00 bits per heavy atom. The molecule has 0 aromatic heterocycles. The lowest BCUT2D eigenvalue weighted by Gasteiger charge is -2.11. The first-order chi connectivity index (χ1) is 6.56. The first-order valence-electron chi connectivity index (χ1n) is 5.20. The molecule has 4 nitrogen and oxygen atoms in total. The van der Waals surface area contributed by atoms with Gasteiger partial charge in [-0.25, -0.2) is 5.48 Å². The van der Waals surface area contributed by atoms with Gasteiger partial charge >= 0.3 is 0 Å². The number of nitrogens with one attached hydrogen (secondary N) is 2. The van der Waals surface area contributed by atoms with Gasteiger partial charge in [-0.3, -0.25) is 9.63 Å². The van der Waals surface area contributed by atoms with Crippen LogP contribution in [0.25, 0.3) is 0 Å². The van der Waals surface area contributed by atoms with Crippen molar-refractivity contribution in [2.45, 2.75) is 40.2 Å². The molecule has 0 bridgehead atoms. The zero-order valence-electron chi connectivity index (χ0n) is 9.59. The summed E-state index contributed by atoms with van der Waals surface area (Å²) in [7, 11) is 0. The predicted molar refractivity (Wildman–Crippen MR) is 56.7 cm³/mol. The van der Waals surface area contributed by atoms with Gasteiger partial charge in [0.25, 0.3) is 5.91 Å². The Kier molecular flexibility index (Phi) is 7.42. The highest BCUT2D eigenvalue weighted by Gasteiger charge is 2.03. The van der Waals surface area contributed by atoms with Crippen molar-refractivity contribution < 1.29 is 9.63 Å². The van der Waals surface area contributed by atoms with Crippen LogP contribution in [0.2, 0.25) is 0 Å². The van der Waals surface area contributed by atoms with Crippen LogP contribution in [0.4, 0.5) is 0 Å². The van der Waals surface area contributed by atoms with Crippen LogP contribution < -0.4 is 10.8 Å². The Morgan fingerprint density at radius 3 is 2.50 bits per heavy atom. The van der Waals surface area contributed by atoms with E-state index in [1.165, 1.54) is 0 Å². The molecule has 0 radical (unpaired) electrons. The minimum absolute atomic E-state index is 0.119. The quantitative estimate of drug-likeness (QED) is 0.607. The van der Waals surface area contributed by atoms with Gasteiger partial charge in [-0.1, -0.05) is 20.8 Å². The molecule has 0 aliphatic heterocycles. The van der Waals surface area contributed by atoms with Crippen molar-refractivity contribution >= 4 is 5.91 Å². The summed E-state index contributed by atoms with van der Waals surface area (Å²) in [6.45, 7) is 9.04. The van der Waals surface area contributed by atoms with Gasteiger partial charge in [0.05, 0.1) is 13.2 Å². The third kappa shape index (κ3) is 8.01. The lowest BCUT2D eigenvalue weighted by atomic mass is 10.2. The van der Waals surface area contributed by atoms with Gasteiger partial charge in [0.1, 0.15) is 0 Å². The summed E-state index contributed by atoms with van der Waals surface area (Å²) in [5.41, 5.74) is 2.39. The second kappa shape index (κ2) is 7.76. The zero-order chi connectivity index (χ0) is 11.0. The van der Waals surface area contributed by atoms with E-state index < -0.39 is 0 Å². The van der Waals surface area contributed by atoms with Crippen LogP contribution in [0.5, 0.6) is 0 Å². The molecule has 1 atom stereocenters. The number of carbonyl (C=O) groups excluding carboxylic acids is 1.